The molecule has 0 unspecified atom stereocenters. The second-order valence-corrected chi connectivity index (χ2v) is 23.3. The normalized spacial score (nSPS) is 10.8. The number of carboxylic acids is 3. The molecule has 0 fully saturated rings. The van der Waals surface area contributed by atoms with Crippen LogP contribution >= 0.6 is 0 Å². The van der Waals surface area contributed by atoms with Crippen molar-refractivity contribution in [3.63, 3.8) is 0 Å². The van der Waals surface area contributed by atoms with E-state index >= 15 is 0 Å². The van der Waals surface area contributed by atoms with E-state index in [0.29, 0.717) is 19.3 Å². The van der Waals surface area contributed by atoms with Crippen LogP contribution in [0.1, 0.15) is 290 Å². The third-order valence-corrected chi connectivity index (χ3v) is 13.5. The Hall–Kier alpha value is -3.09. The van der Waals surface area contributed by atoms with Gasteiger partial charge in [-0.3, -0.25) is 14.4 Å². The number of carboxylic acid groups (broad SMARTS) is 3. The van der Waals surface area contributed by atoms with Crippen molar-refractivity contribution < 1.29 is 122 Å². The summed E-state index contributed by atoms with van der Waals surface area (Å²) in [6.45, 7) is 2.40. The molecule has 0 saturated heterocycles. The molecule has 0 spiro atoms. The number of hydrogen-bond acceptors (Lipinski definition) is 21. The fraction of sp³-hybridized carbons (Fsp3) is 0.875. The first-order valence-corrected chi connectivity index (χ1v) is 36.2. The van der Waals surface area contributed by atoms with Crippen LogP contribution in [0.25, 0.3) is 0 Å². The maximum Gasteiger partial charge on any atom is 0.303 e. The molecule has 0 aliphatic carbocycles. The fourth-order valence-corrected chi connectivity index (χ4v) is 7.39. The van der Waals surface area contributed by atoms with Crippen molar-refractivity contribution in [1.82, 2.24) is 0 Å². The van der Waals surface area contributed by atoms with Gasteiger partial charge in [0.05, 0.1) is 79.3 Å². The lowest BCUT2D eigenvalue weighted by Crippen LogP contribution is -2.15. The zero-order chi connectivity index (χ0) is 74.6. The topological polar surface area (TPSA) is 476 Å². The first-order chi connectivity index (χ1) is 46.2. The predicted octanol–water partition coefficient (Wildman–Crippen LogP) is 8.32. The van der Waals surface area contributed by atoms with Gasteiger partial charge in [-0.25, -0.2) is 0 Å². The Morgan fingerprint density at radius 3 is 0.427 bits per heavy atom. The van der Waals surface area contributed by atoms with E-state index in [1.165, 1.54) is 212 Å². The zero-order valence-electron chi connectivity index (χ0n) is 60.2. The lowest BCUT2D eigenvalue weighted by molar-refractivity contribution is -0.138. The molecular formula is C72H150O24. The quantitative estimate of drug-likeness (QED) is 0.0201. The predicted molar refractivity (Wildman–Crippen MR) is 382 cm³/mol. The first-order valence-electron chi connectivity index (χ1n) is 36.2. The molecule has 24 heteroatoms. The fourth-order valence-electron chi connectivity index (χ4n) is 7.39. The Bertz CT molecular complexity index is 1240. The molecule has 0 saturated carbocycles. The van der Waals surface area contributed by atoms with Gasteiger partial charge in [0.2, 0.25) is 0 Å². The van der Waals surface area contributed by atoms with Crippen molar-refractivity contribution in [2.75, 3.05) is 79.3 Å². The number of aliphatic carboxylic acids is 3. The van der Waals surface area contributed by atoms with Crippen LogP contribution in [0.2, 0.25) is 0 Å². The van der Waals surface area contributed by atoms with Crippen molar-refractivity contribution in [2.24, 2.45) is 0 Å². The second kappa shape index (κ2) is 108. The van der Waals surface area contributed by atoms with Gasteiger partial charge < -0.3 is 107 Å². The minimum atomic E-state index is -0.954. The van der Waals surface area contributed by atoms with E-state index in [9.17, 15) is 14.4 Å². The van der Waals surface area contributed by atoms with E-state index in [2.05, 4.69) is 57.2 Å². The number of allylic oxidation sites excluding steroid dienone is 6. The van der Waals surface area contributed by atoms with Crippen LogP contribution in [0, 0.1) is 0 Å². The van der Waals surface area contributed by atoms with E-state index in [-0.39, 0.29) is 79.3 Å². The lowest BCUT2D eigenvalue weighted by atomic mass is 10.1. The van der Waals surface area contributed by atoms with Gasteiger partial charge >= 0.3 is 17.9 Å². The molecule has 0 atom stereocenters. The Labute approximate surface area is 580 Å². The van der Waals surface area contributed by atoms with Gasteiger partial charge in [-0.1, -0.05) is 211 Å². The molecular weight excluding hydrogens is 1250 g/mol. The lowest BCUT2D eigenvalue weighted by Gasteiger charge is -1.99. The van der Waals surface area contributed by atoms with Gasteiger partial charge in [-0.05, 0) is 96.3 Å². The largest absolute Gasteiger partial charge is 0.481 e. The molecule has 0 aliphatic rings. The highest BCUT2D eigenvalue weighted by atomic mass is 16.4. The van der Waals surface area contributed by atoms with E-state index in [0.717, 1.165) is 38.5 Å². The van der Waals surface area contributed by atoms with Crippen molar-refractivity contribution in [1.29, 1.82) is 0 Å². The van der Waals surface area contributed by atoms with Crippen LogP contribution in [0.15, 0.2) is 36.5 Å². The van der Waals surface area contributed by atoms with Gasteiger partial charge in [0.25, 0.3) is 0 Å². The van der Waals surface area contributed by atoms with Gasteiger partial charge in [-0.15, -0.1) is 0 Å². The Balaban J connectivity index is -0.000000135. The minimum Gasteiger partial charge on any atom is -0.481 e. The number of rotatable bonds is 57. The van der Waals surface area contributed by atoms with Crippen molar-refractivity contribution in [3.8, 4) is 0 Å². The molecule has 0 aromatic rings. The Morgan fingerprint density at radius 1 is 0.208 bits per heavy atom. The number of carbonyl (C=O) groups is 3. The molecule has 0 aromatic heterocycles. The highest BCUT2D eigenvalue weighted by Gasteiger charge is 2.01. The average molecular weight is 1400 g/mol. The van der Waals surface area contributed by atoms with E-state index in [1.54, 1.807) is 0 Å². The summed E-state index contributed by atoms with van der Waals surface area (Å²) < 4.78 is 0. The molecule has 0 rings (SSSR count). The number of unbranched alkanes of at least 4 members (excludes halogenated alkanes) is 33. The van der Waals surface area contributed by atoms with Crippen LogP contribution in [-0.4, -0.2) is 241 Å². The summed E-state index contributed by atoms with van der Waals surface area (Å²) in [4.78, 5) is 31.0. The van der Waals surface area contributed by atoms with Gasteiger partial charge in [0.15, 0.2) is 0 Å². The zero-order valence-corrected chi connectivity index (χ0v) is 60.2. The molecule has 24 nitrogen and oxygen atoms in total. The van der Waals surface area contributed by atoms with Crippen LogP contribution in [0.4, 0.5) is 0 Å². The summed E-state index contributed by atoms with van der Waals surface area (Å²) in [5, 5.41) is 170. The third-order valence-electron chi connectivity index (χ3n) is 13.5. The smallest absolute Gasteiger partial charge is 0.303 e. The third kappa shape index (κ3) is 142. The van der Waals surface area contributed by atoms with E-state index in [4.69, 9.17) is 107 Å². The van der Waals surface area contributed by atoms with Crippen molar-refractivity contribution in [3.05, 3.63) is 36.5 Å². The first kappa shape index (κ1) is 111. The molecule has 582 valence electrons. The van der Waals surface area contributed by atoms with Gasteiger partial charge in [0.1, 0.15) is 36.6 Å². The molecule has 0 aliphatic heterocycles. The molecule has 21 N–H and O–H groups in total. The second-order valence-electron chi connectivity index (χ2n) is 23.3. The molecule has 0 heterocycles. The number of aliphatic hydroxyl groups is 18. The number of hydrogen-bond donors (Lipinski definition) is 21. The molecule has 0 bridgehead atoms. The summed E-state index contributed by atoms with van der Waals surface area (Å²) >= 11 is 0. The SMILES string of the molecule is CCCCCCCC/C=C\CCCCCCCC(=O)O.CCCCCCCC/C=C\CCCCCCCC(=O)O.CCCCCCCC/C=C\CCCCCCCC(=O)O.OCC(O)CO.OCC(O)CO.OCC(O)CO.OCC(O)CO.OCC(O)CO.OCC(O)CO. The standard InChI is InChI=1S/3C18H34O2.6C3H8O3/c3*1-2-3-4-5-6-7-8-9-10-11-12-13-14-15-16-17-18(19)20;6*4-1-3(6)2-5/h3*9-10H,2-8,11-17H2,1H3,(H,19,20);6*3-6H,1-2H2/b3*10-9-;;;;;;. The van der Waals surface area contributed by atoms with E-state index < -0.39 is 54.5 Å². The summed E-state index contributed by atoms with van der Waals surface area (Å²) in [5.41, 5.74) is 0. The van der Waals surface area contributed by atoms with Gasteiger partial charge in [0, 0.05) is 19.3 Å². The average Bonchev–Trinajstić information content (AvgIpc) is 3.60. The van der Waals surface area contributed by atoms with Crippen molar-refractivity contribution >= 4 is 17.9 Å². The Morgan fingerprint density at radius 2 is 0.323 bits per heavy atom. The molecule has 0 radical (unpaired) electrons. The van der Waals surface area contributed by atoms with Crippen LogP contribution in [0.5, 0.6) is 0 Å². The van der Waals surface area contributed by atoms with E-state index in [1.807, 2.05) is 0 Å². The van der Waals surface area contributed by atoms with Crippen molar-refractivity contribution in [2.45, 2.75) is 327 Å². The minimum absolute atomic E-state index is 0.332. The summed E-state index contributed by atoms with van der Waals surface area (Å²) in [6.07, 6.45) is 58.0. The summed E-state index contributed by atoms with van der Waals surface area (Å²) in [5.74, 6) is -1.99. The van der Waals surface area contributed by atoms with Crippen LogP contribution in [0.3, 0.4) is 0 Å². The van der Waals surface area contributed by atoms with Crippen LogP contribution in [-0.2, 0) is 14.4 Å². The highest BCUT2D eigenvalue weighted by molar-refractivity contribution is 5.67. The summed E-state index contributed by atoms with van der Waals surface area (Å²) in [6, 6.07) is 0. The Kier molecular flexibility index (Phi) is 125. The van der Waals surface area contributed by atoms with Crippen LogP contribution < -0.4 is 0 Å². The molecule has 96 heavy (non-hydrogen) atoms. The maximum atomic E-state index is 10.3. The highest BCUT2D eigenvalue weighted by Crippen LogP contribution is 2.13. The molecule has 0 amide bonds. The maximum absolute atomic E-state index is 10.3. The number of aliphatic hydroxyl groups excluding tert-OH is 18. The summed E-state index contributed by atoms with van der Waals surface area (Å²) in [7, 11) is 0. The monoisotopic (exact) mass is 1400 g/mol. The molecule has 0 aromatic carbocycles. The van der Waals surface area contributed by atoms with Gasteiger partial charge in [-0.2, -0.15) is 0 Å².